The molecule has 2 heterocycles. The number of rotatable bonds is 9. The van der Waals surface area contributed by atoms with Gasteiger partial charge in [0, 0.05) is 49.3 Å². The molecule has 2 aliphatic heterocycles. The minimum atomic E-state index is -0.936. The van der Waals surface area contributed by atoms with Crippen LogP contribution in [0.4, 0.5) is 0 Å². The molecule has 3 aliphatic rings. The molecular formula is C40H50N2O5. The van der Waals surface area contributed by atoms with Crippen LogP contribution in [-0.2, 0) is 19.8 Å². The molecule has 1 aliphatic carbocycles. The number of piperidine rings is 1. The van der Waals surface area contributed by atoms with E-state index in [2.05, 4.69) is 39.8 Å². The SMILES string of the molecule is CC[C@H](C)[C@H](CC(C)=O)C(=O)N1CCC(C(=O)N2CC=C3C(C)(C)C(c4ccc(C(=O)O)cc4)=CC[C@]3(C)C2)(c2ccccc2)CC1. The molecule has 0 unspecified atom stereocenters. The lowest BCUT2D eigenvalue weighted by atomic mass is 9.58. The van der Waals surface area contributed by atoms with Gasteiger partial charge in [0.25, 0.3) is 0 Å². The molecule has 2 aromatic rings. The zero-order valence-electron chi connectivity index (χ0n) is 28.8. The summed E-state index contributed by atoms with van der Waals surface area (Å²) < 4.78 is 0. The lowest BCUT2D eigenvalue weighted by molar-refractivity contribution is -0.146. The monoisotopic (exact) mass is 638 g/mol. The van der Waals surface area contributed by atoms with E-state index in [1.807, 2.05) is 59.2 Å². The van der Waals surface area contributed by atoms with Crippen LogP contribution >= 0.6 is 0 Å². The van der Waals surface area contributed by atoms with E-state index in [1.165, 1.54) is 11.1 Å². The number of hydrogen-bond acceptors (Lipinski definition) is 4. The highest BCUT2D eigenvalue weighted by Crippen LogP contribution is 2.55. The number of nitrogens with zero attached hydrogens (tertiary/aromatic N) is 2. The van der Waals surface area contributed by atoms with Gasteiger partial charge in [0.05, 0.1) is 11.0 Å². The molecule has 2 amide bonds. The number of benzene rings is 2. The van der Waals surface area contributed by atoms with Crippen molar-refractivity contribution in [2.24, 2.45) is 22.7 Å². The second kappa shape index (κ2) is 13.2. The number of fused-ring (bicyclic) bond motifs is 1. The number of carbonyl (C=O) groups is 4. The summed E-state index contributed by atoms with van der Waals surface area (Å²) in [5.74, 6) is -0.968. The molecule has 1 saturated heterocycles. The van der Waals surface area contributed by atoms with E-state index in [0.29, 0.717) is 39.0 Å². The molecule has 250 valence electrons. The quantitative estimate of drug-likeness (QED) is 0.294. The third-order valence-electron chi connectivity index (χ3n) is 11.4. The van der Waals surface area contributed by atoms with Gasteiger partial charge in [-0.1, -0.05) is 101 Å². The van der Waals surface area contributed by atoms with Crippen LogP contribution in [0.25, 0.3) is 5.57 Å². The Morgan fingerprint density at radius 1 is 0.894 bits per heavy atom. The molecule has 0 saturated carbocycles. The van der Waals surface area contributed by atoms with Crippen molar-refractivity contribution in [3.05, 3.63) is 89.0 Å². The maximum atomic E-state index is 14.8. The second-order valence-electron chi connectivity index (χ2n) is 14.9. The Balaban J connectivity index is 1.39. The number of aromatic carboxylic acids is 1. The summed E-state index contributed by atoms with van der Waals surface area (Å²) in [6, 6.07) is 17.2. The minimum absolute atomic E-state index is 0.0319. The smallest absolute Gasteiger partial charge is 0.335 e. The van der Waals surface area contributed by atoms with Crippen LogP contribution in [0, 0.1) is 22.7 Å². The third kappa shape index (κ3) is 6.46. The molecule has 2 aromatic carbocycles. The van der Waals surface area contributed by atoms with Gasteiger partial charge in [0.1, 0.15) is 5.78 Å². The maximum absolute atomic E-state index is 14.8. The van der Waals surface area contributed by atoms with Crippen molar-refractivity contribution >= 4 is 29.1 Å². The number of carboxylic acids is 1. The highest BCUT2D eigenvalue weighted by Gasteiger charge is 2.51. The van der Waals surface area contributed by atoms with Gasteiger partial charge >= 0.3 is 5.97 Å². The number of allylic oxidation sites excluding steroid dienone is 2. The summed E-state index contributed by atoms with van der Waals surface area (Å²) in [4.78, 5) is 55.9. The van der Waals surface area contributed by atoms with E-state index >= 15 is 0 Å². The molecule has 0 bridgehead atoms. The van der Waals surface area contributed by atoms with E-state index in [1.54, 1.807) is 19.1 Å². The van der Waals surface area contributed by atoms with E-state index < -0.39 is 11.4 Å². The molecule has 7 heteroatoms. The number of ketones is 1. The summed E-state index contributed by atoms with van der Waals surface area (Å²) in [7, 11) is 0. The number of hydrogen-bond donors (Lipinski definition) is 1. The first-order chi connectivity index (χ1) is 22.2. The summed E-state index contributed by atoms with van der Waals surface area (Å²) in [5.41, 5.74) is 3.51. The van der Waals surface area contributed by atoms with Gasteiger partial charge in [-0.15, -0.1) is 0 Å². The molecule has 0 radical (unpaired) electrons. The Kier molecular flexibility index (Phi) is 9.68. The maximum Gasteiger partial charge on any atom is 0.335 e. The number of Topliss-reactive ketones (excluding diaryl/α,β-unsaturated/α-hetero) is 1. The van der Waals surface area contributed by atoms with E-state index in [0.717, 1.165) is 24.0 Å². The molecule has 1 fully saturated rings. The fraction of sp³-hybridized carbons (Fsp3) is 0.500. The van der Waals surface area contributed by atoms with Gasteiger partial charge < -0.3 is 19.7 Å². The average Bonchev–Trinajstić information content (AvgIpc) is 3.06. The van der Waals surface area contributed by atoms with Gasteiger partial charge in [-0.05, 0) is 60.9 Å². The lowest BCUT2D eigenvalue weighted by Gasteiger charge is -2.52. The van der Waals surface area contributed by atoms with Crippen LogP contribution < -0.4 is 0 Å². The van der Waals surface area contributed by atoms with Crippen LogP contribution in [-0.4, -0.2) is 64.7 Å². The summed E-state index contributed by atoms with van der Waals surface area (Å²) in [6.07, 6.45) is 7.46. The van der Waals surface area contributed by atoms with Gasteiger partial charge in [0.15, 0.2) is 0 Å². The lowest BCUT2D eigenvalue weighted by Crippen LogP contribution is -2.58. The summed E-state index contributed by atoms with van der Waals surface area (Å²) >= 11 is 0. The zero-order chi connectivity index (χ0) is 34.1. The van der Waals surface area contributed by atoms with Crippen molar-refractivity contribution in [1.82, 2.24) is 9.80 Å². The minimum Gasteiger partial charge on any atom is -0.478 e. The molecule has 0 spiro atoms. The number of amides is 2. The first-order valence-corrected chi connectivity index (χ1v) is 17.1. The highest BCUT2D eigenvalue weighted by molar-refractivity contribution is 5.91. The van der Waals surface area contributed by atoms with E-state index in [9.17, 15) is 24.3 Å². The van der Waals surface area contributed by atoms with Gasteiger partial charge in [-0.2, -0.15) is 0 Å². The molecule has 3 atom stereocenters. The molecule has 7 nitrogen and oxygen atoms in total. The largest absolute Gasteiger partial charge is 0.478 e. The Labute approximate surface area is 279 Å². The standard InChI is InChI=1S/C40H50N2O5/c1-7-27(2)32(25-28(3)43)35(44)41-23-20-40(21-24-41,31-11-9-8-10-12-31)37(47)42-22-18-34-38(4,5)33(17-19-39(34,6)26-42)29-13-15-30(16-14-29)36(45)46/h8-18,27,32H,7,19-26H2,1-6H3,(H,45,46)/t27-,32-,39+/m0/s1. The Morgan fingerprint density at radius 3 is 2.11 bits per heavy atom. The summed E-state index contributed by atoms with van der Waals surface area (Å²) in [6.45, 7) is 14.4. The average molecular weight is 639 g/mol. The van der Waals surface area contributed by atoms with E-state index in [4.69, 9.17) is 0 Å². The van der Waals surface area contributed by atoms with Crippen LogP contribution in [0.5, 0.6) is 0 Å². The van der Waals surface area contributed by atoms with Crippen LogP contribution in [0.1, 0.15) is 95.1 Å². The fourth-order valence-corrected chi connectivity index (χ4v) is 8.51. The van der Waals surface area contributed by atoms with Crippen molar-refractivity contribution in [2.45, 2.75) is 79.1 Å². The molecule has 1 N–H and O–H groups in total. The van der Waals surface area contributed by atoms with Crippen molar-refractivity contribution in [2.75, 3.05) is 26.2 Å². The predicted octanol–water partition coefficient (Wildman–Crippen LogP) is 7.17. The normalized spacial score (nSPS) is 23.1. The first kappa shape index (κ1) is 34.3. The number of carbonyl (C=O) groups excluding carboxylic acids is 3. The molecule has 47 heavy (non-hydrogen) atoms. The van der Waals surface area contributed by atoms with Gasteiger partial charge in [-0.3, -0.25) is 9.59 Å². The predicted molar refractivity (Wildman–Crippen MR) is 185 cm³/mol. The first-order valence-electron chi connectivity index (χ1n) is 17.1. The Morgan fingerprint density at radius 2 is 1.53 bits per heavy atom. The van der Waals surface area contributed by atoms with Crippen molar-refractivity contribution in [3.8, 4) is 0 Å². The highest BCUT2D eigenvalue weighted by atomic mass is 16.4. The van der Waals surface area contributed by atoms with Crippen molar-refractivity contribution in [3.63, 3.8) is 0 Å². The van der Waals surface area contributed by atoms with E-state index in [-0.39, 0.29) is 52.2 Å². The third-order valence-corrected chi connectivity index (χ3v) is 11.4. The summed E-state index contributed by atoms with van der Waals surface area (Å²) in [5, 5.41) is 9.36. The van der Waals surface area contributed by atoms with Crippen molar-refractivity contribution in [1.29, 1.82) is 0 Å². The van der Waals surface area contributed by atoms with Crippen LogP contribution in [0.3, 0.4) is 0 Å². The van der Waals surface area contributed by atoms with Gasteiger partial charge in [-0.25, -0.2) is 4.79 Å². The molecular weight excluding hydrogens is 588 g/mol. The molecule has 0 aromatic heterocycles. The van der Waals surface area contributed by atoms with Crippen molar-refractivity contribution < 1.29 is 24.3 Å². The zero-order valence-corrected chi connectivity index (χ0v) is 28.8. The topological polar surface area (TPSA) is 95.0 Å². The fourth-order valence-electron chi connectivity index (χ4n) is 8.51. The van der Waals surface area contributed by atoms with Crippen LogP contribution in [0.2, 0.25) is 0 Å². The van der Waals surface area contributed by atoms with Gasteiger partial charge in [0.2, 0.25) is 11.8 Å². The number of likely N-dealkylation sites (tertiary alicyclic amines) is 1. The molecule has 5 rings (SSSR count). The van der Waals surface area contributed by atoms with Crippen LogP contribution in [0.15, 0.2) is 72.3 Å². The number of carboxylic acid groups (broad SMARTS) is 1. The Bertz CT molecular complexity index is 1580. The Hall–Kier alpha value is -4.00. The second-order valence-corrected chi connectivity index (χ2v) is 14.9.